The van der Waals surface area contributed by atoms with E-state index < -0.39 is 0 Å². The Morgan fingerprint density at radius 3 is 2.39 bits per heavy atom. The van der Waals surface area contributed by atoms with Crippen LogP contribution < -0.4 is 16.8 Å². The third kappa shape index (κ3) is 6.91. The van der Waals surface area contributed by atoms with Gasteiger partial charge in [-0.25, -0.2) is 0 Å². The lowest BCUT2D eigenvalue weighted by Crippen LogP contribution is -2.25. The normalized spacial score (nSPS) is 11.1. The molecule has 0 aliphatic heterocycles. The fourth-order valence-corrected chi connectivity index (χ4v) is 1.46. The number of nitrogens with two attached hydrogens (primary N) is 2. The van der Waals surface area contributed by atoms with Gasteiger partial charge in [0.1, 0.15) is 5.76 Å². The van der Waals surface area contributed by atoms with Gasteiger partial charge in [0.2, 0.25) is 0 Å². The van der Waals surface area contributed by atoms with Crippen molar-refractivity contribution in [3.63, 3.8) is 0 Å². The van der Waals surface area contributed by atoms with Crippen LogP contribution in [0.5, 0.6) is 0 Å². The summed E-state index contributed by atoms with van der Waals surface area (Å²) in [6.45, 7) is 7.45. The highest BCUT2D eigenvalue weighted by atomic mass is 16.3. The number of terminal acetylenes is 1. The van der Waals surface area contributed by atoms with E-state index >= 15 is 0 Å². The molecule has 5 heteroatoms. The minimum Gasteiger partial charge on any atom is -0.508 e. The number of amides is 1. The van der Waals surface area contributed by atoms with Crippen molar-refractivity contribution in [3.05, 3.63) is 59.4 Å². The maximum Gasteiger partial charge on any atom is 0.251 e. The first-order valence-corrected chi connectivity index (χ1v) is 6.80. The first kappa shape index (κ1) is 19.9. The molecule has 0 aliphatic carbocycles. The van der Waals surface area contributed by atoms with Crippen LogP contribution >= 0.6 is 0 Å². The summed E-state index contributed by atoms with van der Waals surface area (Å²) in [5.41, 5.74) is 14.2. The molecule has 5 nitrogen and oxygen atoms in total. The summed E-state index contributed by atoms with van der Waals surface area (Å²) in [7, 11) is 0. The Kier molecular flexibility index (Phi) is 8.42. The van der Waals surface area contributed by atoms with Crippen LogP contribution in [0.15, 0.2) is 53.8 Å². The van der Waals surface area contributed by atoms with Gasteiger partial charge in [0.25, 0.3) is 5.91 Å². The van der Waals surface area contributed by atoms with E-state index in [0.29, 0.717) is 29.1 Å². The summed E-state index contributed by atoms with van der Waals surface area (Å²) < 4.78 is 0. The Morgan fingerprint density at radius 1 is 1.26 bits per heavy atom. The van der Waals surface area contributed by atoms with Crippen LogP contribution in [0.3, 0.4) is 0 Å². The van der Waals surface area contributed by atoms with Gasteiger partial charge in [-0.1, -0.05) is 24.3 Å². The van der Waals surface area contributed by atoms with E-state index in [2.05, 4.69) is 24.7 Å². The molecule has 0 aliphatic rings. The molecule has 1 aromatic rings. The molecule has 0 fully saturated rings. The van der Waals surface area contributed by atoms with Crippen LogP contribution in [0, 0.1) is 12.8 Å². The third-order valence-electron chi connectivity index (χ3n) is 2.95. The van der Waals surface area contributed by atoms with Crippen LogP contribution in [0.2, 0.25) is 0 Å². The standard InChI is InChI=1S/C16H21N3O2.C2H2/c1-10(4-5-11(2)12(3)20)9-19-16(21)13-6-7-14(17)15(18)8-13;1-2/h4-8,20H,3,9,17-18H2,1-2H3,(H,19,21);1-2H/b10-4+,11-5+;. The molecule has 0 radical (unpaired) electrons. The predicted molar refractivity (Wildman–Crippen MR) is 96.8 cm³/mol. The van der Waals surface area contributed by atoms with Gasteiger partial charge in [0, 0.05) is 12.1 Å². The Balaban J connectivity index is 0.00000232. The van der Waals surface area contributed by atoms with Crippen molar-refractivity contribution in [2.24, 2.45) is 0 Å². The highest BCUT2D eigenvalue weighted by Gasteiger charge is 2.06. The molecular weight excluding hydrogens is 290 g/mol. The van der Waals surface area contributed by atoms with Crippen molar-refractivity contribution in [2.75, 3.05) is 18.0 Å². The molecule has 1 rings (SSSR count). The van der Waals surface area contributed by atoms with Crippen LogP contribution in [-0.4, -0.2) is 17.6 Å². The highest BCUT2D eigenvalue weighted by molar-refractivity contribution is 5.96. The summed E-state index contributed by atoms with van der Waals surface area (Å²) in [6, 6.07) is 4.77. The van der Waals surface area contributed by atoms with E-state index in [0.717, 1.165) is 5.57 Å². The molecule has 0 unspecified atom stereocenters. The fourth-order valence-electron chi connectivity index (χ4n) is 1.46. The number of carbonyl (C=O) groups is 1. The summed E-state index contributed by atoms with van der Waals surface area (Å²) in [6.07, 6.45) is 11.6. The van der Waals surface area contributed by atoms with E-state index in [4.69, 9.17) is 16.6 Å². The molecule has 1 aromatic carbocycles. The summed E-state index contributed by atoms with van der Waals surface area (Å²) in [5.74, 6) is -0.192. The molecule has 0 atom stereocenters. The minimum atomic E-state index is -0.221. The maximum absolute atomic E-state index is 12.0. The van der Waals surface area contributed by atoms with Gasteiger partial charge in [-0.15, -0.1) is 12.8 Å². The van der Waals surface area contributed by atoms with Crippen LogP contribution in [-0.2, 0) is 0 Å². The van der Waals surface area contributed by atoms with Crippen LogP contribution in [0.1, 0.15) is 24.2 Å². The molecule has 0 heterocycles. The average Bonchev–Trinajstić information content (AvgIpc) is 2.54. The SMILES string of the molecule is C#C.C=C(O)/C(C)=C/C=C(\C)CNC(=O)c1ccc(N)c(N)c1. The Morgan fingerprint density at radius 2 is 1.87 bits per heavy atom. The van der Waals surface area contributed by atoms with E-state index in [1.54, 1.807) is 31.2 Å². The number of rotatable bonds is 5. The van der Waals surface area contributed by atoms with Gasteiger partial charge in [0.15, 0.2) is 0 Å². The van der Waals surface area contributed by atoms with Gasteiger partial charge in [-0.2, -0.15) is 0 Å². The second kappa shape index (κ2) is 9.74. The summed E-state index contributed by atoms with van der Waals surface area (Å²) in [5, 5.41) is 11.9. The Bertz CT molecular complexity index is 655. The third-order valence-corrected chi connectivity index (χ3v) is 2.95. The Hall–Kier alpha value is -3.13. The lowest BCUT2D eigenvalue weighted by molar-refractivity contribution is 0.0957. The number of hydrogen-bond donors (Lipinski definition) is 4. The first-order chi connectivity index (χ1) is 10.8. The fraction of sp³-hybridized carbons (Fsp3) is 0.167. The van der Waals surface area contributed by atoms with Crippen LogP contribution in [0.25, 0.3) is 0 Å². The zero-order valence-electron chi connectivity index (χ0n) is 13.5. The highest BCUT2D eigenvalue weighted by Crippen LogP contribution is 2.15. The number of nitrogen functional groups attached to an aromatic ring is 2. The number of aliphatic hydroxyl groups excluding tert-OH is 1. The smallest absolute Gasteiger partial charge is 0.251 e. The zero-order chi connectivity index (χ0) is 18.0. The minimum absolute atomic E-state index is 0.0282. The number of anilines is 2. The van der Waals surface area contributed by atoms with E-state index in [1.165, 1.54) is 0 Å². The molecule has 0 saturated heterocycles. The largest absolute Gasteiger partial charge is 0.508 e. The number of nitrogens with one attached hydrogen (secondary N) is 1. The lowest BCUT2D eigenvalue weighted by atomic mass is 10.1. The zero-order valence-corrected chi connectivity index (χ0v) is 13.5. The molecule has 23 heavy (non-hydrogen) atoms. The number of carbonyl (C=O) groups excluding carboxylic acids is 1. The van der Waals surface area contributed by atoms with Crippen molar-refractivity contribution in [1.29, 1.82) is 0 Å². The molecule has 0 bridgehead atoms. The summed E-state index contributed by atoms with van der Waals surface area (Å²) in [4.78, 5) is 12.0. The molecule has 0 aromatic heterocycles. The van der Waals surface area contributed by atoms with Gasteiger partial charge in [-0.05, 0) is 37.6 Å². The molecule has 122 valence electrons. The van der Waals surface area contributed by atoms with Gasteiger partial charge in [0.05, 0.1) is 11.4 Å². The van der Waals surface area contributed by atoms with Gasteiger partial charge in [-0.3, -0.25) is 4.79 Å². The topological polar surface area (TPSA) is 101 Å². The van der Waals surface area contributed by atoms with E-state index in [-0.39, 0.29) is 11.7 Å². The molecule has 0 spiro atoms. The van der Waals surface area contributed by atoms with Crippen LogP contribution in [0.4, 0.5) is 11.4 Å². The van der Waals surface area contributed by atoms with E-state index in [1.807, 2.05) is 13.0 Å². The van der Waals surface area contributed by atoms with Crippen molar-refractivity contribution >= 4 is 17.3 Å². The van der Waals surface area contributed by atoms with Crippen molar-refractivity contribution in [2.45, 2.75) is 13.8 Å². The molecule has 0 saturated carbocycles. The molecular formula is C18H23N3O2. The number of hydrogen-bond acceptors (Lipinski definition) is 4. The van der Waals surface area contributed by atoms with Gasteiger partial charge >= 0.3 is 0 Å². The van der Waals surface area contributed by atoms with E-state index in [9.17, 15) is 4.79 Å². The molecule has 6 N–H and O–H groups in total. The van der Waals surface area contributed by atoms with Crippen molar-refractivity contribution in [1.82, 2.24) is 5.32 Å². The quantitative estimate of drug-likeness (QED) is 0.290. The number of benzene rings is 1. The summed E-state index contributed by atoms with van der Waals surface area (Å²) >= 11 is 0. The van der Waals surface area contributed by atoms with Crippen molar-refractivity contribution in [3.8, 4) is 12.8 Å². The predicted octanol–water partition coefficient (Wildman–Crippen LogP) is 2.79. The number of allylic oxidation sites excluding steroid dienone is 3. The van der Waals surface area contributed by atoms with Crippen molar-refractivity contribution < 1.29 is 9.90 Å². The molecule has 1 amide bonds. The second-order valence-corrected chi connectivity index (χ2v) is 4.84. The maximum atomic E-state index is 12.0. The van der Waals surface area contributed by atoms with Gasteiger partial charge < -0.3 is 21.9 Å². The lowest BCUT2D eigenvalue weighted by Gasteiger charge is -2.07. The Labute approximate surface area is 137 Å². The second-order valence-electron chi connectivity index (χ2n) is 4.84. The number of aliphatic hydroxyl groups is 1. The average molecular weight is 313 g/mol. The monoisotopic (exact) mass is 313 g/mol. The first-order valence-electron chi connectivity index (χ1n) is 6.80.